The Balaban J connectivity index is 1.82. The van der Waals surface area contributed by atoms with Crippen LogP contribution in [0.15, 0.2) is 42.5 Å². The van der Waals surface area contributed by atoms with Gasteiger partial charge in [-0.1, -0.05) is 18.2 Å². The summed E-state index contributed by atoms with van der Waals surface area (Å²) in [5, 5.41) is 11.3. The molecule has 4 rings (SSSR count). The Morgan fingerprint density at radius 1 is 1.21 bits per heavy atom. The second-order valence-corrected chi connectivity index (χ2v) is 6.29. The average molecular weight is 323 g/mol. The minimum Gasteiger partial charge on any atom is -0.497 e. The normalized spacial score (nSPS) is 25.0. The van der Waals surface area contributed by atoms with Gasteiger partial charge in [-0.25, -0.2) is 0 Å². The van der Waals surface area contributed by atoms with Crippen molar-refractivity contribution in [3.63, 3.8) is 0 Å². The highest BCUT2D eigenvalue weighted by Gasteiger charge is 2.57. The Labute approximate surface area is 139 Å². The maximum Gasteiger partial charge on any atom is 0.264 e. The van der Waals surface area contributed by atoms with E-state index in [0.717, 1.165) is 5.56 Å². The van der Waals surface area contributed by atoms with Gasteiger partial charge >= 0.3 is 0 Å². The molecule has 0 radical (unpaired) electrons. The molecule has 0 aromatic heterocycles. The fraction of sp³-hybridized carbons (Fsp3) is 0.263. The highest BCUT2D eigenvalue weighted by molar-refractivity contribution is 6.13. The van der Waals surface area contributed by atoms with E-state index in [0.29, 0.717) is 29.0 Å². The number of rotatable bonds is 2. The fourth-order valence-corrected chi connectivity index (χ4v) is 3.85. The van der Waals surface area contributed by atoms with Crippen molar-refractivity contribution in [2.24, 2.45) is 5.92 Å². The first-order valence-corrected chi connectivity index (χ1v) is 7.79. The summed E-state index contributed by atoms with van der Waals surface area (Å²) in [6.45, 7) is 0. The van der Waals surface area contributed by atoms with Crippen molar-refractivity contribution in [3.05, 3.63) is 59.2 Å². The quantitative estimate of drug-likeness (QED) is 0.917. The third kappa shape index (κ3) is 1.73. The largest absolute Gasteiger partial charge is 0.497 e. The van der Waals surface area contributed by atoms with Crippen LogP contribution in [0.5, 0.6) is 5.75 Å². The van der Waals surface area contributed by atoms with Crippen LogP contribution in [0.2, 0.25) is 0 Å². The lowest BCUT2D eigenvalue weighted by molar-refractivity contribution is -0.139. The Morgan fingerprint density at radius 2 is 1.96 bits per heavy atom. The number of fused-ring (bicyclic) bond motifs is 2. The molecule has 5 nitrogen and oxygen atoms in total. The molecule has 0 unspecified atom stereocenters. The van der Waals surface area contributed by atoms with Crippen LogP contribution in [-0.4, -0.2) is 31.0 Å². The Hall–Kier alpha value is -2.66. The number of hydrogen-bond donors (Lipinski definition) is 1. The average Bonchev–Trinajstić information content (AvgIpc) is 3.04. The summed E-state index contributed by atoms with van der Waals surface area (Å²) >= 11 is 0. The number of benzene rings is 2. The zero-order valence-corrected chi connectivity index (χ0v) is 13.4. The highest BCUT2D eigenvalue weighted by Crippen LogP contribution is 2.48. The van der Waals surface area contributed by atoms with E-state index in [1.807, 2.05) is 6.07 Å². The summed E-state index contributed by atoms with van der Waals surface area (Å²) in [5.41, 5.74) is 0.669. The molecule has 1 heterocycles. The number of anilines is 1. The SMILES string of the molecule is COc1ccc2c(c1)C[C@H]([C@@]1(O)C(=O)N(C)c3ccccc31)C2=O. The van der Waals surface area contributed by atoms with Crippen molar-refractivity contribution >= 4 is 17.4 Å². The molecule has 2 aliphatic rings. The van der Waals surface area contributed by atoms with Crippen molar-refractivity contribution in [3.8, 4) is 5.75 Å². The molecule has 2 aromatic carbocycles. The number of amides is 1. The number of Topliss-reactive ketones (excluding diaryl/α,β-unsaturated/α-hetero) is 1. The zero-order chi connectivity index (χ0) is 17.1. The fourth-order valence-electron chi connectivity index (χ4n) is 3.85. The maximum absolute atomic E-state index is 12.9. The molecule has 1 amide bonds. The molecule has 0 fully saturated rings. The molecular formula is C19H17NO4. The van der Waals surface area contributed by atoms with Crippen LogP contribution in [0.25, 0.3) is 0 Å². The minimum atomic E-state index is -1.82. The lowest BCUT2D eigenvalue weighted by Crippen LogP contribution is -2.46. The first-order chi connectivity index (χ1) is 11.5. The number of nitrogens with zero attached hydrogens (tertiary/aromatic N) is 1. The van der Waals surface area contributed by atoms with Crippen LogP contribution in [0.4, 0.5) is 5.69 Å². The molecule has 0 bridgehead atoms. The standard InChI is InChI=1S/C19H17NO4/c1-20-16-6-4-3-5-14(16)19(23,18(20)22)15-10-11-9-12(24-2)7-8-13(11)17(15)21/h3-9,15,23H,10H2,1-2H3/t15-,19+/m0/s1. The molecule has 1 aliphatic heterocycles. The number of para-hydroxylation sites is 1. The van der Waals surface area contributed by atoms with E-state index in [1.165, 1.54) is 4.90 Å². The van der Waals surface area contributed by atoms with E-state index in [4.69, 9.17) is 4.74 Å². The second-order valence-electron chi connectivity index (χ2n) is 6.29. The molecule has 1 aliphatic carbocycles. The number of ether oxygens (including phenoxy) is 1. The molecule has 0 saturated carbocycles. The van der Waals surface area contributed by atoms with E-state index >= 15 is 0 Å². The Kier molecular flexibility index (Phi) is 3.05. The van der Waals surface area contributed by atoms with Crippen LogP contribution < -0.4 is 9.64 Å². The van der Waals surface area contributed by atoms with Crippen molar-refractivity contribution in [1.82, 2.24) is 0 Å². The van der Waals surface area contributed by atoms with Crippen LogP contribution in [0.3, 0.4) is 0 Å². The Bertz CT molecular complexity index is 875. The van der Waals surface area contributed by atoms with Gasteiger partial charge in [-0.05, 0) is 36.2 Å². The lowest BCUT2D eigenvalue weighted by Gasteiger charge is -2.27. The van der Waals surface area contributed by atoms with Gasteiger partial charge in [0.05, 0.1) is 18.7 Å². The van der Waals surface area contributed by atoms with Gasteiger partial charge < -0.3 is 14.7 Å². The van der Waals surface area contributed by atoms with Crippen LogP contribution >= 0.6 is 0 Å². The van der Waals surface area contributed by atoms with Gasteiger partial charge in [-0.3, -0.25) is 9.59 Å². The van der Waals surface area contributed by atoms with Crippen molar-refractivity contribution in [1.29, 1.82) is 0 Å². The molecular weight excluding hydrogens is 306 g/mol. The van der Waals surface area contributed by atoms with Crippen LogP contribution in [0, 0.1) is 5.92 Å². The summed E-state index contributed by atoms with van der Waals surface area (Å²) in [4.78, 5) is 27.1. The van der Waals surface area contributed by atoms with Crippen LogP contribution in [-0.2, 0) is 16.8 Å². The van der Waals surface area contributed by atoms with Gasteiger partial charge in [0.15, 0.2) is 11.4 Å². The lowest BCUT2D eigenvalue weighted by atomic mass is 9.80. The highest BCUT2D eigenvalue weighted by atomic mass is 16.5. The zero-order valence-electron chi connectivity index (χ0n) is 13.4. The number of methoxy groups -OCH3 is 1. The van der Waals surface area contributed by atoms with E-state index in [-0.39, 0.29) is 5.78 Å². The second kappa shape index (κ2) is 4.92. The first kappa shape index (κ1) is 14.9. The van der Waals surface area contributed by atoms with E-state index < -0.39 is 17.4 Å². The summed E-state index contributed by atoms with van der Waals surface area (Å²) in [6.07, 6.45) is 0.315. The molecule has 0 saturated heterocycles. The third-order valence-electron chi connectivity index (χ3n) is 5.13. The maximum atomic E-state index is 12.9. The van der Waals surface area contributed by atoms with Gasteiger partial charge in [0, 0.05) is 18.2 Å². The molecule has 24 heavy (non-hydrogen) atoms. The van der Waals surface area contributed by atoms with Crippen molar-refractivity contribution < 1.29 is 19.4 Å². The van der Waals surface area contributed by atoms with Gasteiger partial charge in [-0.15, -0.1) is 0 Å². The minimum absolute atomic E-state index is 0.200. The van der Waals surface area contributed by atoms with E-state index in [2.05, 4.69) is 0 Å². The molecule has 122 valence electrons. The van der Waals surface area contributed by atoms with Crippen LogP contribution in [0.1, 0.15) is 21.5 Å². The summed E-state index contributed by atoms with van der Waals surface area (Å²) in [7, 11) is 3.18. The topological polar surface area (TPSA) is 66.8 Å². The van der Waals surface area contributed by atoms with Gasteiger partial charge in [0.25, 0.3) is 5.91 Å². The molecule has 5 heteroatoms. The predicted molar refractivity (Wildman–Crippen MR) is 88.3 cm³/mol. The number of hydrogen-bond acceptors (Lipinski definition) is 4. The number of carbonyl (C=O) groups is 2. The third-order valence-corrected chi connectivity index (χ3v) is 5.13. The van der Waals surface area contributed by atoms with Crippen molar-refractivity contribution in [2.75, 3.05) is 19.1 Å². The van der Waals surface area contributed by atoms with Gasteiger partial charge in [0.2, 0.25) is 0 Å². The summed E-state index contributed by atoms with van der Waals surface area (Å²) in [5.74, 6) is -0.821. The monoisotopic (exact) mass is 323 g/mol. The van der Waals surface area contributed by atoms with Crippen molar-refractivity contribution in [2.45, 2.75) is 12.0 Å². The van der Waals surface area contributed by atoms with E-state index in [9.17, 15) is 14.7 Å². The molecule has 2 atom stereocenters. The molecule has 1 N–H and O–H groups in total. The number of carbonyl (C=O) groups excluding carboxylic acids is 2. The molecule has 0 spiro atoms. The predicted octanol–water partition coefficient (Wildman–Crippen LogP) is 1.91. The number of ketones is 1. The van der Waals surface area contributed by atoms with E-state index in [1.54, 1.807) is 50.6 Å². The first-order valence-electron chi connectivity index (χ1n) is 7.79. The molecule has 2 aromatic rings. The smallest absolute Gasteiger partial charge is 0.264 e. The number of likely N-dealkylation sites (N-methyl/N-ethyl adjacent to an activating group) is 1. The summed E-state index contributed by atoms with van der Waals surface area (Å²) in [6, 6.07) is 12.3. The van der Waals surface area contributed by atoms with Gasteiger partial charge in [0.1, 0.15) is 5.75 Å². The Morgan fingerprint density at radius 3 is 2.71 bits per heavy atom. The summed E-state index contributed by atoms with van der Waals surface area (Å²) < 4.78 is 5.21. The number of aliphatic hydroxyl groups is 1. The van der Waals surface area contributed by atoms with Gasteiger partial charge in [-0.2, -0.15) is 0 Å².